The van der Waals surface area contributed by atoms with E-state index in [4.69, 9.17) is 10.3 Å². The molecule has 0 heterocycles. The van der Waals surface area contributed by atoms with Crippen LogP contribution in [0.3, 0.4) is 0 Å². The van der Waals surface area contributed by atoms with E-state index >= 15 is 0 Å². The summed E-state index contributed by atoms with van der Waals surface area (Å²) in [6.07, 6.45) is -0.108. The molecule has 1 aromatic carbocycles. The summed E-state index contributed by atoms with van der Waals surface area (Å²) >= 11 is 0. The number of carbonyl (C=O) groups is 3. The Morgan fingerprint density at radius 2 is 1.84 bits per heavy atom. The van der Waals surface area contributed by atoms with Crippen LogP contribution in [0.5, 0.6) is 0 Å². The van der Waals surface area contributed by atoms with Crippen LogP contribution in [0, 0.1) is 5.41 Å². The van der Waals surface area contributed by atoms with E-state index in [-0.39, 0.29) is 24.7 Å². The number of hydrogen-bond donors (Lipinski definition) is 0. The average molecular weight is 342 g/mol. The van der Waals surface area contributed by atoms with E-state index in [9.17, 15) is 14.4 Å². The van der Waals surface area contributed by atoms with Gasteiger partial charge < -0.3 is 10.3 Å². The SMILES string of the molecule is CCOC(=O)C(=[N+]=[N-])C(=O)CC(C)(C)C1C(=O)C(C)c2ccccc21. The number of ether oxygens (including phenoxy) is 1. The Kier molecular flexibility index (Phi) is 5.33. The Morgan fingerprint density at radius 3 is 2.40 bits per heavy atom. The van der Waals surface area contributed by atoms with Crippen LogP contribution in [0.25, 0.3) is 5.53 Å². The molecule has 2 unspecified atom stereocenters. The molecule has 0 saturated carbocycles. The molecule has 2 atom stereocenters. The zero-order valence-electron chi connectivity index (χ0n) is 14.9. The molecule has 0 radical (unpaired) electrons. The first kappa shape index (κ1) is 18.7. The topological polar surface area (TPSA) is 96.8 Å². The standard InChI is InChI=1S/C19H22N2O4/c1-5-25-18(24)16(21-20)14(22)10-19(3,4)15-13-9-7-6-8-12(13)11(2)17(15)23/h6-9,11,15H,5,10H2,1-4H3. The molecule has 0 bridgehead atoms. The Bertz CT molecular complexity index is 775. The van der Waals surface area contributed by atoms with Crippen LogP contribution in [0.2, 0.25) is 0 Å². The molecule has 0 fully saturated rings. The third kappa shape index (κ3) is 3.44. The zero-order valence-corrected chi connectivity index (χ0v) is 14.9. The summed E-state index contributed by atoms with van der Waals surface area (Å²) in [4.78, 5) is 39.8. The molecule has 25 heavy (non-hydrogen) atoms. The number of nitrogens with zero attached hydrogens (tertiary/aromatic N) is 2. The predicted molar refractivity (Wildman–Crippen MR) is 91.3 cm³/mol. The number of hydrogen-bond acceptors (Lipinski definition) is 4. The van der Waals surface area contributed by atoms with E-state index in [0.29, 0.717) is 0 Å². The van der Waals surface area contributed by atoms with Crippen LogP contribution in [0.1, 0.15) is 57.1 Å². The van der Waals surface area contributed by atoms with Crippen molar-refractivity contribution in [3.05, 3.63) is 40.9 Å². The average Bonchev–Trinajstić information content (AvgIpc) is 2.80. The number of esters is 1. The third-order valence-corrected chi connectivity index (χ3v) is 4.72. The van der Waals surface area contributed by atoms with Crippen molar-refractivity contribution in [3.8, 4) is 0 Å². The summed E-state index contributed by atoms with van der Waals surface area (Å²) in [6, 6.07) is 7.59. The molecule has 2 rings (SSSR count). The van der Waals surface area contributed by atoms with E-state index in [0.717, 1.165) is 11.1 Å². The molecule has 6 nitrogen and oxygen atoms in total. The second-order valence-electron chi connectivity index (χ2n) is 6.94. The minimum atomic E-state index is -0.961. The lowest BCUT2D eigenvalue weighted by Gasteiger charge is -2.30. The van der Waals surface area contributed by atoms with E-state index in [1.165, 1.54) is 0 Å². The number of fused-ring (bicyclic) bond motifs is 1. The van der Waals surface area contributed by atoms with E-state index in [1.54, 1.807) is 6.92 Å². The molecule has 1 aliphatic rings. The van der Waals surface area contributed by atoms with Gasteiger partial charge in [-0.25, -0.2) is 4.79 Å². The first-order chi connectivity index (χ1) is 11.7. The predicted octanol–water partition coefficient (Wildman–Crippen LogP) is 2.68. The van der Waals surface area contributed by atoms with Crippen LogP contribution in [-0.2, 0) is 19.1 Å². The van der Waals surface area contributed by atoms with Crippen molar-refractivity contribution >= 4 is 23.2 Å². The summed E-state index contributed by atoms with van der Waals surface area (Å²) < 4.78 is 4.73. The van der Waals surface area contributed by atoms with Gasteiger partial charge in [-0.15, -0.1) is 0 Å². The van der Waals surface area contributed by atoms with E-state index in [2.05, 4.69) is 4.79 Å². The maximum Gasteiger partial charge on any atom is 0.441 e. The maximum atomic E-state index is 12.8. The lowest BCUT2D eigenvalue weighted by atomic mass is 9.71. The van der Waals surface area contributed by atoms with Gasteiger partial charge in [-0.2, -0.15) is 4.79 Å². The van der Waals surface area contributed by atoms with Gasteiger partial charge in [-0.3, -0.25) is 9.59 Å². The summed E-state index contributed by atoms with van der Waals surface area (Å²) in [6.45, 7) is 7.14. The summed E-state index contributed by atoms with van der Waals surface area (Å²) in [5, 5.41) is 0. The van der Waals surface area contributed by atoms with Gasteiger partial charge in [0.2, 0.25) is 0 Å². The zero-order chi connectivity index (χ0) is 18.8. The first-order valence-corrected chi connectivity index (χ1v) is 8.29. The van der Waals surface area contributed by atoms with Crippen molar-refractivity contribution in [2.45, 2.75) is 46.0 Å². The van der Waals surface area contributed by atoms with Crippen LogP contribution in [0.4, 0.5) is 0 Å². The highest BCUT2D eigenvalue weighted by Crippen LogP contribution is 2.49. The second-order valence-corrected chi connectivity index (χ2v) is 6.94. The normalized spacial score (nSPS) is 19.1. The van der Waals surface area contributed by atoms with Gasteiger partial charge in [0.05, 0.1) is 6.61 Å². The van der Waals surface area contributed by atoms with E-state index < -0.39 is 28.8 Å². The molecule has 0 amide bonds. The Hall–Kier alpha value is -2.59. The van der Waals surface area contributed by atoms with Crippen molar-refractivity contribution in [3.63, 3.8) is 0 Å². The molecule has 0 aromatic heterocycles. The van der Waals surface area contributed by atoms with Crippen LogP contribution < -0.4 is 0 Å². The van der Waals surface area contributed by atoms with Crippen molar-refractivity contribution in [1.29, 1.82) is 0 Å². The molecule has 6 heteroatoms. The number of Topliss-reactive ketones (excluding diaryl/α,β-unsaturated/α-hetero) is 2. The largest absolute Gasteiger partial charge is 0.457 e. The first-order valence-electron chi connectivity index (χ1n) is 8.29. The molecular weight excluding hydrogens is 320 g/mol. The minimum Gasteiger partial charge on any atom is -0.457 e. The van der Waals surface area contributed by atoms with Gasteiger partial charge in [0.1, 0.15) is 5.78 Å². The molecular formula is C19H22N2O4. The van der Waals surface area contributed by atoms with Crippen LogP contribution in [0.15, 0.2) is 24.3 Å². The number of benzene rings is 1. The smallest absolute Gasteiger partial charge is 0.441 e. The minimum absolute atomic E-state index is 0.0534. The van der Waals surface area contributed by atoms with E-state index in [1.807, 2.05) is 45.0 Å². The molecule has 1 aromatic rings. The molecule has 1 aliphatic carbocycles. The highest BCUT2D eigenvalue weighted by Gasteiger charge is 2.47. The highest BCUT2D eigenvalue weighted by atomic mass is 16.5. The third-order valence-electron chi connectivity index (χ3n) is 4.72. The fraction of sp³-hybridized carbons (Fsp3) is 0.474. The Morgan fingerprint density at radius 1 is 1.24 bits per heavy atom. The monoisotopic (exact) mass is 342 g/mol. The van der Waals surface area contributed by atoms with Crippen LogP contribution >= 0.6 is 0 Å². The van der Waals surface area contributed by atoms with Gasteiger partial charge in [-0.1, -0.05) is 45.0 Å². The van der Waals surface area contributed by atoms with Crippen molar-refractivity contribution in [1.82, 2.24) is 0 Å². The van der Waals surface area contributed by atoms with Gasteiger partial charge >= 0.3 is 11.7 Å². The van der Waals surface area contributed by atoms with Crippen LogP contribution in [-0.4, -0.2) is 34.6 Å². The quantitative estimate of drug-likeness (QED) is 0.261. The summed E-state index contributed by atoms with van der Waals surface area (Å²) in [5.41, 5.74) is 9.52. The van der Waals surface area contributed by atoms with Gasteiger partial charge in [0, 0.05) is 18.3 Å². The molecule has 0 saturated heterocycles. The summed E-state index contributed by atoms with van der Waals surface area (Å²) in [7, 11) is 0. The van der Waals surface area contributed by atoms with Crippen molar-refractivity contribution in [2.24, 2.45) is 5.41 Å². The second kappa shape index (κ2) is 7.11. The molecule has 0 aliphatic heterocycles. The maximum absolute atomic E-state index is 12.8. The van der Waals surface area contributed by atoms with Gasteiger partial charge in [0.25, 0.3) is 5.78 Å². The molecule has 0 N–H and O–H groups in total. The number of carbonyl (C=O) groups excluding carboxylic acids is 3. The lowest BCUT2D eigenvalue weighted by Crippen LogP contribution is -2.35. The molecule has 132 valence electrons. The van der Waals surface area contributed by atoms with Crippen molar-refractivity contribution in [2.75, 3.05) is 6.61 Å². The lowest BCUT2D eigenvalue weighted by molar-refractivity contribution is -0.142. The Labute approximate surface area is 146 Å². The van der Waals surface area contributed by atoms with Gasteiger partial charge in [0.15, 0.2) is 0 Å². The number of ketones is 2. The number of rotatable bonds is 6. The highest BCUT2D eigenvalue weighted by molar-refractivity contribution is 6.62. The Balaban J connectivity index is 2.30. The van der Waals surface area contributed by atoms with Gasteiger partial charge in [-0.05, 0) is 23.5 Å². The van der Waals surface area contributed by atoms with Crippen molar-refractivity contribution < 1.29 is 23.9 Å². The molecule has 0 spiro atoms. The fourth-order valence-corrected chi connectivity index (χ4v) is 3.54. The fourth-order valence-electron chi connectivity index (χ4n) is 3.54. The summed E-state index contributed by atoms with van der Waals surface area (Å²) in [5.74, 6) is -2.23.